The van der Waals surface area contributed by atoms with Crippen LogP contribution in [-0.4, -0.2) is 44.8 Å². The van der Waals surface area contributed by atoms with Crippen molar-refractivity contribution in [2.24, 2.45) is 7.05 Å². The van der Waals surface area contributed by atoms with E-state index >= 15 is 0 Å². The monoisotopic (exact) mass is 281 g/mol. The summed E-state index contributed by atoms with van der Waals surface area (Å²) < 4.78 is 1.82. The lowest BCUT2D eigenvalue weighted by atomic mass is 10.1. The largest absolute Gasteiger partial charge is 0.481 e. The van der Waals surface area contributed by atoms with E-state index in [1.54, 1.807) is 4.90 Å². The lowest BCUT2D eigenvalue weighted by Gasteiger charge is -2.20. The molecule has 1 N–H and O–H groups in total. The topological polar surface area (TPSA) is 75.4 Å². The van der Waals surface area contributed by atoms with Gasteiger partial charge >= 0.3 is 5.97 Å². The fourth-order valence-electron chi connectivity index (χ4n) is 2.26. The number of amides is 1. The number of carbonyl (C=O) groups is 2. The first-order valence-corrected chi connectivity index (χ1v) is 6.85. The number of hydrogen-bond acceptors (Lipinski definition) is 3. The van der Waals surface area contributed by atoms with Crippen LogP contribution in [-0.2, 0) is 23.1 Å². The van der Waals surface area contributed by atoms with Gasteiger partial charge in [0.25, 0.3) is 0 Å². The van der Waals surface area contributed by atoms with Crippen molar-refractivity contribution in [1.82, 2.24) is 14.7 Å². The third-order valence-corrected chi connectivity index (χ3v) is 3.58. The van der Waals surface area contributed by atoms with Crippen LogP contribution in [0, 0.1) is 13.8 Å². The number of hydrogen-bond donors (Lipinski definition) is 1. The van der Waals surface area contributed by atoms with Crippen molar-refractivity contribution in [1.29, 1.82) is 0 Å². The third kappa shape index (κ3) is 4.08. The predicted molar refractivity (Wildman–Crippen MR) is 75.5 cm³/mol. The molecule has 0 saturated carbocycles. The first-order valence-electron chi connectivity index (χ1n) is 6.85. The van der Waals surface area contributed by atoms with Crippen molar-refractivity contribution in [3.05, 3.63) is 17.0 Å². The molecule has 0 radical (unpaired) electrons. The summed E-state index contributed by atoms with van der Waals surface area (Å²) in [6.07, 6.45) is 1.03. The molecule has 6 heteroatoms. The van der Waals surface area contributed by atoms with Crippen molar-refractivity contribution < 1.29 is 14.7 Å². The molecule has 20 heavy (non-hydrogen) atoms. The van der Waals surface area contributed by atoms with Gasteiger partial charge in [-0.3, -0.25) is 14.3 Å². The van der Waals surface area contributed by atoms with Crippen molar-refractivity contribution >= 4 is 11.9 Å². The van der Waals surface area contributed by atoms with Crippen LogP contribution in [0.25, 0.3) is 0 Å². The summed E-state index contributed by atoms with van der Waals surface area (Å²) >= 11 is 0. The minimum absolute atomic E-state index is 0.00333. The van der Waals surface area contributed by atoms with E-state index in [0.717, 1.165) is 17.0 Å². The lowest BCUT2D eigenvalue weighted by molar-refractivity contribution is -0.138. The van der Waals surface area contributed by atoms with Gasteiger partial charge in [-0.15, -0.1) is 0 Å². The summed E-state index contributed by atoms with van der Waals surface area (Å²) in [5.41, 5.74) is 3.13. The number of aromatic nitrogens is 2. The van der Waals surface area contributed by atoms with Gasteiger partial charge in [-0.1, -0.05) is 0 Å². The van der Waals surface area contributed by atoms with Gasteiger partial charge in [-0.2, -0.15) is 5.10 Å². The number of rotatable bonds is 7. The lowest BCUT2D eigenvalue weighted by Crippen LogP contribution is -2.33. The minimum Gasteiger partial charge on any atom is -0.481 e. The van der Waals surface area contributed by atoms with E-state index in [1.807, 2.05) is 32.5 Å². The van der Waals surface area contributed by atoms with Crippen molar-refractivity contribution in [3.63, 3.8) is 0 Å². The zero-order chi connectivity index (χ0) is 15.3. The molecule has 0 aliphatic carbocycles. The molecular formula is C14H23N3O3. The summed E-state index contributed by atoms with van der Waals surface area (Å²) in [4.78, 5) is 24.3. The van der Waals surface area contributed by atoms with Gasteiger partial charge in [0.15, 0.2) is 0 Å². The Morgan fingerprint density at radius 3 is 2.40 bits per heavy atom. The highest BCUT2D eigenvalue weighted by atomic mass is 16.4. The van der Waals surface area contributed by atoms with E-state index in [4.69, 9.17) is 5.11 Å². The number of aryl methyl sites for hydroxylation is 2. The summed E-state index contributed by atoms with van der Waals surface area (Å²) in [6.45, 7) is 6.60. The molecule has 0 aliphatic heterocycles. The Kier molecular flexibility index (Phi) is 5.73. The van der Waals surface area contributed by atoms with E-state index in [1.165, 1.54) is 0 Å². The molecule has 0 aromatic carbocycles. The highest BCUT2D eigenvalue weighted by molar-refractivity contribution is 5.77. The van der Waals surface area contributed by atoms with E-state index in [0.29, 0.717) is 19.4 Å². The molecule has 0 bridgehead atoms. The fraction of sp³-hybridized carbons (Fsp3) is 0.643. The van der Waals surface area contributed by atoms with E-state index in [-0.39, 0.29) is 18.9 Å². The molecule has 1 aromatic rings. The standard InChI is InChI=1S/C14H23N3O3/c1-5-17(9-8-14(19)20)13(18)7-6-12-10(2)15-16(4)11(12)3/h5-9H2,1-4H3,(H,19,20). The molecule has 0 fully saturated rings. The molecule has 1 aromatic heterocycles. The Bertz CT molecular complexity index is 494. The molecule has 0 aliphatic rings. The Labute approximate surface area is 119 Å². The van der Waals surface area contributed by atoms with Crippen LogP contribution in [0.1, 0.15) is 36.7 Å². The SMILES string of the molecule is CCN(CCC(=O)O)C(=O)CCc1c(C)nn(C)c1C. The van der Waals surface area contributed by atoms with Gasteiger partial charge in [-0.05, 0) is 32.8 Å². The number of carboxylic acids is 1. The van der Waals surface area contributed by atoms with E-state index < -0.39 is 5.97 Å². The second-order valence-electron chi connectivity index (χ2n) is 4.89. The Morgan fingerprint density at radius 2 is 1.95 bits per heavy atom. The Hall–Kier alpha value is -1.85. The maximum absolute atomic E-state index is 12.1. The zero-order valence-electron chi connectivity index (χ0n) is 12.6. The minimum atomic E-state index is -0.879. The van der Waals surface area contributed by atoms with Crippen molar-refractivity contribution in [2.45, 2.75) is 40.0 Å². The summed E-state index contributed by atoms with van der Waals surface area (Å²) in [5, 5.41) is 13.0. The average molecular weight is 281 g/mol. The molecule has 0 spiro atoms. The maximum atomic E-state index is 12.1. The molecule has 6 nitrogen and oxygen atoms in total. The Morgan fingerprint density at radius 1 is 1.30 bits per heavy atom. The van der Waals surface area contributed by atoms with Crippen LogP contribution < -0.4 is 0 Å². The van der Waals surface area contributed by atoms with Crippen LogP contribution in [0.15, 0.2) is 0 Å². The second kappa shape index (κ2) is 7.07. The molecule has 112 valence electrons. The van der Waals surface area contributed by atoms with Crippen LogP contribution in [0.2, 0.25) is 0 Å². The number of carboxylic acid groups (broad SMARTS) is 1. The van der Waals surface area contributed by atoms with Gasteiger partial charge in [0.2, 0.25) is 5.91 Å². The first kappa shape index (κ1) is 16.2. The average Bonchev–Trinajstić information content (AvgIpc) is 2.61. The van der Waals surface area contributed by atoms with Gasteiger partial charge in [0.05, 0.1) is 12.1 Å². The summed E-state index contributed by atoms with van der Waals surface area (Å²) in [6, 6.07) is 0. The van der Waals surface area contributed by atoms with Crippen LogP contribution in [0.5, 0.6) is 0 Å². The van der Waals surface area contributed by atoms with Crippen LogP contribution in [0.3, 0.4) is 0 Å². The highest BCUT2D eigenvalue weighted by Crippen LogP contribution is 2.14. The smallest absolute Gasteiger partial charge is 0.305 e. The second-order valence-corrected chi connectivity index (χ2v) is 4.89. The molecule has 0 unspecified atom stereocenters. The molecule has 0 saturated heterocycles. The predicted octanol–water partition coefficient (Wildman–Crippen LogP) is 1.29. The normalized spacial score (nSPS) is 10.6. The quantitative estimate of drug-likeness (QED) is 0.817. The number of aliphatic carboxylic acids is 1. The van der Waals surface area contributed by atoms with E-state index in [2.05, 4.69) is 5.10 Å². The molecule has 1 rings (SSSR count). The van der Waals surface area contributed by atoms with Crippen LogP contribution >= 0.6 is 0 Å². The zero-order valence-corrected chi connectivity index (χ0v) is 12.6. The Balaban J connectivity index is 2.59. The van der Waals surface area contributed by atoms with Gasteiger partial charge < -0.3 is 10.0 Å². The molecule has 1 amide bonds. The molecule has 0 atom stereocenters. The number of carbonyl (C=O) groups excluding carboxylic acids is 1. The third-order valence-electron chi connectivity index (χ3n) is 3.58. The molecule has 1 heterocycles. The van der Waals surface area contributed by atoms with Gasteiger partial charge in [0, 0.05) is 32.3 Å². The summed E-state index contributed by atoms with van der Waals surface area (Å²) in [5.74, 6) is -0.883. The van der Waals surface area contributed by atoms with Gasteiger partial charge in [-0.25, -0.2) is 0 Å². The van der Waals surface area contributed by atoms with E-state index in [9.17, 15) is 9.59 Å². The summed E-state index contributed by atoms with van der Waals surface area (Å²) in [7, 11) is 1.89. The maximum Gasteiger partial charge on any atom is 0.305 e. The first-order chi connectivity index (χ1) is 9.36. The molecular weight excluding hydrogens is 258 g/mol. The van der Waals surface area contributed by atoms with Crippen molar-refractivity contribution in [3.8, 4) is 0 Å². The highest BCUT2D eigenvalue weighted by Gasteiger charge is 2.15. The van der Waals surface area contributed by atoms with Crippen LogP contribution in [0.4, 0.5) is 0 Å². The fourth-order valence-corrected chi connectivity index (χ4v) is 2.26. The van der Waals surface area contributed by atoms with Crippen molar-refractivity contribution in [2.75, 3.05) is 13.1 Å². The number of nitrogens with zero attached hydrogens (tertiary/aromatic N) is 3. The van der Waals surface area contributed by atoms with Gasteiger partial charge in [0.1, 0.15) is 0 Å².